The van der Waals surface area contributed by atoms with Crippen LogP contribution in [0.4, 0.5) is 87.8 Å². The normalized spacial score (nSPS) is 16.7. The van der Waals surface area contributed by atoms with Gasteiger partial charge in [0.15, 0.2) is 10.1 Å². The highest BCUT2D eigenvalue weighted by Gasteiger charge is 2.94. The van der Waals surface area contributed by atoms with Crippen molar-refractivity contribution in [3.8, 4) is 0 Å². The SMILES string of the molecule is O=S(=O)([O-])C(F)(F)C(F)(F)OC(F)(F)C(F)(F)C(F)(F)C(F)(F)C(F)(F)C(F)(F)C(F)(F)C(F)F. The first kappa shape index (κ1) is 33.5. The van der Waals surface area contributed by atoms with Gasteiger partial charge in [-0.25, -0.2) is 21.9 Å². The third-order valence-corrected chi connectivity index (χ3v) is 4.41. The fraction of sp³-hybridized carbons (Fsp3) is 1.00. The molecule has 0 atom stereocenters. The Balaban J connectivity index is 6.83. The van der Waals surface area contributed by atoms with Crippen molar-refractivity contribution in [2.75, 3.05) is 0 Å². The van der Waals surface area contributed by atoms with Crippen molar-refractivity contribution in [1.82, 2.24) is 0 Å². The van der Waals surface area contributed by atoms with Crippen LogP contribution in [0, 0.1) is 0 Å². The average Bonchev–Trinajstić information content (AvgIpc) is 2.58. The second kappa shape index (κ2) is 8.24. The summed E-state index contributed by atoms with van der Waals surface area (Å²) in [6, 6.07) is 0. The topological polar surface area (TPSA) is 66.4 Å². The molecule has 0 aromatic carbocycles. The minimum absolute atomic E-state index is 1.01. The van der Waals surface area contributed by atoms with Gasteiger partial charge in [0.2, 0.25) is 0 Å². The summed E-state index contributed by atoms with van der Waals surface area (Å²) in [5.74, 6) is -52.2. The largest absolute Gasteiger partial charge is 0.743 e. The van der Waals surface area contributed by atoms with Gasteiger partial charge in [-0.1, -0.05) is 0 Å². The summed E-state index contributed by atoms with van der Waals surface area (Å²) in [4.78, 5) is 0. The maximum atomic E-state index is 13.3. The van der Waals surface area contributed by atoms with E-state index in [4.69, 9.17) is 0 Å². The summed E-state index contributed by atoms with van der Waals surface area (Å²) in [6.45, 7) is 0. The Hall–Kier alpha value is -1.53. The van der Waals surface area contributed by atoms with E-state index < -0.39 is 69.6 Å². The molecule has 0 saturated carbocycles. The number of hydrogen-bond acceptors (Lipinski definition) is 4. The highest BCUT2D eigenvalue weighted by molar-refractivity contribution is 7.86. The Kier molecular flexibility index (Phi) is 7.88. The van der Waals surface area contributed by atoms with E-state index in [2.05, 4.69) is 0 Å². The van der Waals surface area contributed by atoms with Crippen LogP contribution in [0.25, 0.3) is 0 Å². The summed E-state index contributed by atoms with van der Waals surface area (Å²) in [5.41, 5.74) is 0. The molecule has 35 heavy (non-hydrogen) atoms. The molecule has 0 aromatic heterocycles. The molecule has 25 heteroatoms. The zero-order valence-electron chi connectivity index (χ0n) is 14.7. The fourth-order valence-electron chi connectivity index (χ4n) is 1.55. The fourth-order valence-corrected chi connectivity index (χ4v) is 1.88. The minimum Gasteiger partial charge on any atom is -0.743 e. The molecule has 0 radical (unpaired) electrons. The molecular formula is C10HF20O4S-. The average molecular weight is 597 g/mol. The van der Waals surface area contributed by atoms with Crippen molar-refractivity contribution in [3.05, 3.63) is 0 Å². The summed E-state index contributed by atoms with van der Waals surface area (Å²) < 4.78 is 288. The monoisotopic (exact) mass is 597 g/mol. The van der Waals surface area contributed by atoms with E-state index in [1.165, 1.54) is 0 Å². The molecule has 0 spiro atoms. The zero-order valence-corrected chi connectivity index (χ0v) is 15.5. The Morgan fingerprint density at radius 2 is 0.800 bits per heavy atom. The summed E-state index contributed by atoms with van der Waals surface area (Å²) in [7, 11) is -7.95. The van der Waals surface area contributed by atoms with Crippen LogP contribution in [-0.4, -0.2) is 72.4 Å². The van der Waals surface area contributed by atoms with E-state index in [0.29, 0.717) is 0 Å². The van der Waals surface area contributed by atoms with Gasteiger partial charge in [-0.05, 0) is 0 Å². The van der Waals surface area contributed by atoms with Gasteiger partial charge in [0.1, 0.15) is 0 Å². The molecule has 0 saturated heterocycles. The third kappa shape index (κ3) is 4.43. The van der Waals surface area contributed by atoms with Gasteiger partial charge in [0, 0.05) is 0 Å². The van der Waals surface area contributed by atoms with E-state index in [1.807, 2.05) is 0 Å². The molecule has 0 aliphatic carbocycles. The van der Waals surface area contributed by atoms with Gasteiger partial charge in [-0.2, -0.15) is 79.0 Å². The molecule has 0 amide bonds. The molecule has 0 unspecified atom stereocenters. The predicted molar refractivity (Wildman–Crippen MR) is 61.3 cm³/mol. The molecule has 212 valence electrons. The van der Waals surface area contributed by atoms with Crippen LogP contribution in [0.5, 0.6) is 0 Å². The number of halogens is 20. The molecule has 0 aliphatic heterocycles. The van der Waals surface area contributed by atoms with Gasteiger partial charge in [0.05, 0.1) is 0 Å². The number of hydrogen-bond donors (Lipinski definition) is 0. The van der Waals surface area contributed by atoms with E-state index >= 15 is 0 Å². The lowest BCUT2D eigenvalue weighted by Crippen LogP contribution is -2.74. The molecule has 0 fully saturated rings. The van der Waals surface area contributed by atoms with Crippen molar-refractivity contribution >= 4 is 10.1 Å². The molecule has 0 bridgehead atoms. The minimum atomic E-state index is -9.06. The maximum absolute atomic E-state index is 13.3. The quantitative estimate of drug-likeness (QED) is 0.237. The Morgan fingerprint density at radius 3 is 1.09 bits per heavy atom. The van der Waals surface area contributed by atoms with E-state index in [9.17, 15) is 101 Å². The second-order valence-electron chi connectivity index (χ2n) is 5.90. The van der Waals surface area contributed by atoms with Gasteiger partial charge >= 0.3 is 59.4 Å². The van der Waals surface area contributed by atoms with Gasteiger partial charge in [-0.3, -0.25) is 0 Å². The van der Waals surface area contributed by atoms with Crippen molar-refractivity contribution in [3.63, 3.8) is 0 Å². The Morgan fingerprint density at radius 1 is 0.514 bits per heavy atom. The van der Waals surface area contributed by atoms with E-state index in [0.717, 1.165) is 4.74 Å². The van der Waals surface area contributed by atoms with Crippen molar-refractivity contribution < 1.29 is 106 Å². The van der Waals surface area contributed by atoms with Crippen LogP contribution < -0.4 is 0 Å². The standard InChI is InChI=1S/C10H2F20O4S/c11-1(12)2(13,14)3(15,16)4(17,18)5(19,20)6(21,22)7(23,24)8(25,26)34-9(27,28)10(29,30)35(31,32)33/h1H,(H,31,32,33)/p-1. The smallest absolute Gasteiger partial charge is 0.438 e. The van der Waals surface area contributed by atoms with Gasteiger partial charge in [-0.15, -0.1) is 0 Å². The highest BCUT2D eigenvalue weighted by Crippen LogP contribution is 2.63. The number of ether oxygens (including phenoxy) is 1. The zero-order chi connectivity index (χ0) is 29.3. The molecule has 0 aliphatic rings. The third-order valence-electron chi connectivity index (χ3n) is 3.54. The molecule has 0 N–H and O–H groups in total. The maximum Gasteiger partial charge on any atom is 0.438 e. The van der Waals surface area contributed by atoms with Gasteiger partial charge in [0.25, 0.3) is 0 Å². The number of rotatable bonds is 11. The van der Waals surface area contributed by atoms with Crippen LogP contribution in [0.1, 0.15) is 0 Å². The van der Waals surface area contributed by atoms with E-state index in [1.54, 1.807) is 0 Å². The Bertz CT molecular complexity index is 892. The van der Waals surface area contributed by atoms with Crippen LogP contribution in [0.3, 0.4) is 0 Å². The molecular weight excluding hydrogens is 596 g/mol. The predicted octanol–water partition coefficient (Wildman–Crippen LogP) is 5.40. The first-order valence-electron chi connectivity index (χ1n) is 6.99. The van der Waals surface area contributed by atoms with Crippen molar-refractivity contribution in [2.24, 2.45) is 0 Å². The Labute approximate surface area is 176 Å². The van der Waals surface area contributed by atoms with E-state index in [-0.39, 0.29) is 0 Å². The van der Waals surface area contributed by atoms with Crippen molar-refractivity contribution in [1.29, 1.82) is 0 Å². The summed E-state index contributed by atoms with van der Waals surface area (Å²) >= 11 is 0. The van der Waals surface area contributed by atoms with Gasteiger partial charge < -0.3 is 4.55 Å². The van der Waals surface area contributed by atoms with Crippen LogP contribution in [0.2, 0.25) is 0 Å². The highest BCUT2D eigenvalue weighted by atomic mass is 32.2. The lowest BCUT2D eigenvalue weighted by Gasteiger charge is -2.42. The second-order valence-corrected chi connectivity index (χ2v) is 7.32. The summed E-state index contributed by atoms with van der Waals surface area (Å²) in [5, 5.41) is -7.62. The first-order valence-corrected chi connectivity index (χ1v) is 8.40. The molecule has 0 rings (SSSR count). The molecule has 0 aromatic rings. The molecule has 0 heterocycles. The molecule has 4 nitrogen and oxygen atoms in total. The van der Waals surface area contributed by atoms with Crippen LogP contribution >= 0.6 is 0 Å². The lowest BCUT2D eigenvalue weighted by molar-refractivity contribution is -0.503. The lowest BCUT2D eigenvalue weighted by atomic mass is 9.91. The van der Waals surface area contributed by atoms with Crippen LogP contribution in [-0.2, 0) is 14.9 Å². The first-order chi connectivity index (χ1) is 14.7. The number of alkyl halides is 20. The van der Waals surface area contributed by atoms with Crippen LogP contribution in [0.15, 0.2) is 0 Å². The summed E-state index contributed by atoms with van der Waals surface area (Å²) in [6.07, 6.45) is -22.5. The van der Waals surface area contributed by atoms with Crippen molar-refractivity contribution in [2.45, 2.75) is 59.4 Å².